The summed E-state index contributed by atoms with van der Waals surface area (Å²) in [5.41, 5.74) is 1.15. The second-order valence-electron chi connectivity index (χ2n) is 3.55. The fourth-order valence-corrected chi connectivity index (χ4v) is 1.82. The molecule has 0 amide bonds. The van der Waals surface area contributed by atoms with Crippen LogP contribution in [0.15, 0.2) is 24.4 Å². The van der Waals surface area contributed by atoms with Gasteiger partial charge in [-0.05, 0) is 18.7 Å². The number of halogens is 2. The van der Waals surface area contributed by atoms with Crippen LogP contribution >= 0.6 is 11.6 Å². The van der Waals surface area contributed by atoms with Gasteiger partial charge in [0.2, 0.25) is 0 Å². The molecule has 2 rings (SSSR count). The third-order valence-electron chi connectivity index (χ3n) is 2.41. The van der Waals surface area contributed by atoms with E-state index in [1.54, 1.807) is 18.3 Å². The van der Waals surface area contributed by atoms with E-state index in [4.69, 9.17) is 11.6 Å². The highest BCUT2D eigenvalue weighted by Crippen LogP contribution is 2.24. The minimum atomic E-state index is -0.355. The van der Waals surface area contributed by atoms with Crippen LogP contribution in [0.2, 0.25) is 5.02 Å². The number of aromatic amines is 1. The highest BCUT2D eigenvalue weighted by atomic mass is 35.5. The number of nitrogens with zero attached hydrogens (tertiary/aromatic N) is 2. The molecule has 0 spiro atoms. The molecule has 4 nitrogen and oxygen atoms in total. The molecule has 2 aromatic rings. The monoisotopic (exact) mass is 254 g/mol. The molecule has 2 N–H and O–H groups in total. The molecule has 0 saturated carbocycles. The maximum Gasteiger partial charge on any atom is 0.129 e. The number of aromatic nitrogens is 3. The van der Waals surface area contributed by atoms with Crippen LogP contribution < -0.4 is 5.32 Å². The maximum atomic E-state index is 13.8. The third-order valence-corrected chi connectivity index (χ3v) is 2.65. The van der Waals surface area contributed by atoms with Crippen LogP contribution in [0.3, 0.4) is 0 Å². The van der Waals surface area contributed by atoms with Crippen LogP contribution in [0.5, 0.6) is 0 Å². The minimum absolute atomic E-state index is 0.323. The van der Waals surface area contributed by atoms with Crippen molar-refractivity contribution in [2.45, 2.75) is 13.0 Å². The van der Waals surface area contributed by atoms with Gasteiger partial charge in [0.1, 0.15) is 11.5 Å². The van der Waals surface area contributed by atoms with E-state index >= 15 is 0 Å². The predicted octanol–water partition coefficient (Wildman–Crippen LogP) is 2.30. The zero-order chi connectivity index (χ0) is 12.3. The summed E-state index contributed by atoms with van der Waals surface area (Å²) in [6, 6.07) is 4.28. The number of benzene rings is 1. The summed E-state index contributed by atoms with van der Waals surface area (Å²) < 4.78 is 13.8. The molecule has 90 valence electrons. The fraction of sp³-hybridized carbons (Fsp3) is 0.273. The van der Waals surface area contributed by atoms with Crippen molar-refractivity contribution in [1.29, 1.82) is 0 Å². The Labute approximate surface area is 103 Å². The van der Waals surface area contributed by atoms with E-state index in [-0.39, 0.29) is 11.9 Å². The van der Waals surface area contributed by atoms with Gasteiger partial charge in [-0.3, -0.25) is 0 Å². The normalized spacial score (nSPS) is 12.6. The zero-order valence-electron chi connectivity index (χ0n) is 9.24. The summed E-state index contributed by atoms with van der Waals surface area (Å²) in [6.45, 7) is 2.64. The maximum absolute atomic E-state index is 13.8. The molecule has 0 aliphatic carbocycles. The molecule has 1 aromatic heterocycles. The summed E-state index contributed by atoms with van der Waals surface area (Å²) in [4.78, 5) is 0. The van der Waals surface area contributed by atoms with Gasteiger partial charge < -0.3 is 5.32 Å². The lowest BCUT2D eigenvalue weighted by molar-refractivity contribution is 0.551. The summed E-state index contributed by atoms with van der Waals surface area (Å²) in [5, 5.41) is 13.8. The molecule has 6 heteroatoms. The van der Waals surface area contributed by atoms with Crippen molar-refractivity contribution in [1.82, 2.24) is 20.7 Å². The molecule has 0 aliphatic rings. The van der Waals surface area contributed by atoms with Crippen molar-refractivity contribution >= 4 is 11.6 Å². The standard InChI is InChI=1S/C11H12ClFN4/c1-2-14-11(10-6-15-17-16-10)8-4-3-7(12)5-9(8)13/h3-6,11,14H,2H2,1H3,(H,15,16,17). The van der Waals surface area contributed by atoms with Gasteiger partial charge in [-0.2, -0.15) is 15.4 Å². The first-order valence-corrected chi connectivity index (χ1v) is 5.64. The molecule has 1 heterocycles. The molecule has 17 heavy (non-hydrogen) atoms. The average Bonchev–Trinajstić information content (AvgIpc) is 2.80. The highest BCUT2D eigenvalue weighted by molar-refractivity contribution is 6.30. The van der Waals surface area contributed by atoms with Gasteiger partial charge in [-0.25, -0.2) is 4.39 Å². The van der Waals surface area contributed by atoms with Crippen molar-refractivity contribution in [2.75, 3.05) is 6.54 Å². The quantitative estimate of drug-likeness (QED) is 0.880. The molecule has 1 unspecified atom stereocenters. The van der Waals surface area contributed by atoms with Gasteiger partial charge in [0, 0.05) is 10.6 Å². The smallest absolute Gasteiger partial charge is 0.129 e. The Kier molecular flexibility index (Phi) is 3.71. The lowest BCUT2D eigenvalue weighted by Crippen LogP contribution is -2.23. The first kappa shape index (κ1) is 12.0. The van der Waals surface area contributed by atoms with Gasteiger partial charge in [-0.1, -0.05) is 24.6 Å². The van der Waals surface area contributed by atoms with E-state index < -0.39 is 0 Å². The topological polar surface area (TPSA) is 53.6 Å². The highest BCUT2D eigenvalue weighted by Gasteiger charge is 2.19. The molecule has 0 fully saturated rings. The Hall–Kier alpha value is -1.46. The van der Waals surface area contributed by atoms with E-state index in [0.717, 1.165) is 0 Å². The molecule has 0 aliphatic heterocycles. The van der Waals surface area contributed by atoms with Crippen LogP contribution in [-0.2, 0) is 0 Å². The Morgan fingerprint density at radius 2 is 2.35 bits per heavy atom. The second-order valence-corrected chi connectivity index (χ2v) is 3.99. The van der Waals surface area contributed by atoms with Gasteiger partial charge >= 0.3 is 0 Å². The largest absolute Gasteiger partial charge is 0.305 e. The number of H-pyrrole nitrogens is 1. The van der Waals surface area contributed by atoms with Crippen LogP contribution in [0.1, 0.15) is 24.2 Å². The number of rotatable bonds is 4. The van der Waals surface area contributed by atoms with Crippen molar-refractivity contribution in [3.05, 3.63) is 46.5 Å². The van der Waals surface area contributed by atoms with Crippen LogP contribution in [0.4, 0.5) is 4.39 Å². The molecule has 0 saturated heterocycles. The van der Waals surface area contributed by atoms with Crippen molar-refractivity contribution in [3.63, 3.8) is 0 Å². The number of nitrogens with one attached hydrogen (secondary N) is 2. The van der Waals surface area contributed by atoms with Crippen LogP contribution in [0, 0.1) is 5.82 Å². The summed E-state index contributed by atoms with van der Waals surface area (Å²) in [7, 11) is 0. The molecule has 1 atom stereocenters. The van der Waals surface area contributed by atoms with E-state index in [1.807, 2.05) is 6.92 Å². The Bertz CT molecular complexity index is 486. The Morgan fingerprint density at radius 3 is 2.94 bits per heavy atom. The third kappa shape index (κ3) is 2.62. The van der Waals surface area contributed by atoms with Gasteiger partial charge in [-0.15, -0.1) is 0 Å². The first-order valence-electron chi connectivity index (χ1n) is 5.26. The van der Waals surface area contributed by atoms with E-state index in [1.165, 1.54) is 6.07 Å². The predicted molar refractivity (Wildman–Crippen MR) is 63.3 cm³/mol. The molecule has 0 radical (unpaired) electrons. The minimum Gasteiger partial charge on any atom is -0.305 e. The average molecular weight is 255 g/mol. The van der Waals surface area contributed by atoms with Crippen molar-refractivity contribution in [2.24, 2.45) is 0 Å². The van der Waals surface area contributed by atoms with Crippen LogP contribution in [0.25, 0.3) is 0 Å². The van der Waals surface area contributed by atoms with E-state index in [9.17, 15) is 4.39 Å². The first-order chi connectivity index (χ1) is 8.22. The summed E-state index contributed by atoms with van der Waals surface area (Å²) >= 11 is 5.73. The number of hydrogen-bond donors (Lipinski definition) is 2. The van der Waals surface area contributed by atoms with E-state index in [0.29, 0.717) is 22.8 Å². The molecule has 1 aromatic carbocycles. The van der Waals surface area contributed by atoms with Crippen molar-refractivity contribution in [3.8, 4) is 0 Å². The van der Waals surface area contributed by atoms with E-state index in [2.05, 4.69) is 20.7 Å². The lowest BCUT2D eigenvalue weighted by atomic mass is 10.0. The molecular weight excluding hydrogens is 243 g/mol. The molecular formula is C11H12ClFN4. The van der Waals surface area contributed by atoms with Crippen molar-refractivity contribution < 1.29 is 4.39 Å². The van der Waals surface area contributed by atoms with Gasteiger partial charge in [0.15, 0.2) is 0 Å². The van der Waals surface area contributed by atoms with Gasteiger partial charge in [0.05, 0.1) is 12.2 Å². The Balaban J connectivity index is 2.39. The Morgan fingerprint density at radius 1 is 1.53 bits per heavy atom. The SMILES string of the molecule is CCNC(c1cn[nH]n1)c1ccc(Cl)cc1F. The molecule has 0 bridgehead atoms. The summed E-state index contributed by atoms with van der Waals surface area (Å²) in [6.07, 6.45) is 1.57. The fourth-order valence-electron chi connectivity index (χ4n) is 1.66. The second kappa shape index (κ2) is 5.25. The summed E-state index contributed by atoms with van der Waals surface area (Å²) in [5.74, 6) is -0.355. The zero-order valence-corrected chi connectivity index (χ0v) is 10.0. The van der Waals surface area contributed by atoms with Gasteiger partial charge in [0.25, 0.3) is 0 Å². The lowest BCUT2D eigenvalue weighted by Gasteiger charge is -2.16. The number of hydrogen-bond acceptors (Lipinski definition) is 3. The van der Waals surface area contributed by atoms with Crippen LogP contribution in [-0.4, -0.2) is 22.0 Å².